The average Bonchev–Trinajstić information content (AvgIpc) is 3.66. The first kappa shape index (κ1) is 47.9. The van der Waals surface area contributed by atoms with Crippen molar-refractivity contribution in [1.82, 2.24) is 14.5 Å². The Kier molecular flexibility index (Phi) is 12.3. The van der Waals surface area contributed by atoms with Gasteiger partial charge in [-0.2, -0.15) is 0 Å². The Balaban J connectivity index is 0.00000608. The second-order valence-corrected chi connectivity index (χ2v) is 23.2. The number of hydrogen-bond donors (Lipinski definition) is 1. The molecule has 8 aromatic rings. The van der Waals surface area contributed by atoms with E-state index in [1.165, 1.54) is 27.8 Å². The van der Waals surface area contributed by atoms with Crippen LogP contribution in [0.2, 0.25) is 0 Å². The number of aromatic hydroxyl groups is 1. The Morgan fingerprint density at radius 2 is 1.15 bits per heavy atom. The molecular weight excluding hydrogens is 998 g/mol. The standard InChI is InChI=1S/C62H66N3O.Pt/c1-58(2,3)44-24-22-39(23-25-44)41-28-31-63-52(35-41)43-32-42(33-46(34-43)60(7,8)9)47-20-17-21-54-56(47)64-57(49-37-50-51(38-55(49)66)62(12,13)30-29-61(50,10)11)65(54)53-27-26-45(59(4,5)6)36-48(53)40-18-15-14-16-19-40;/h14-28,31,33-38,66H,29-30H2,1-13H3;/q-1;. The van der Waals surface area contributed by atoms with Gasteiger partial charge in [-0.3, -0.25) is 9.55 Å². The average molecular weight is 1060 g/mol. The number of pyridine rings is 1. The van der Waals surface area contributed by atoms with Crippen molar-refractivity contribution in [2.45, 2.75) is 130 Å². The molecule has 0 aliphatic heterocycles. The quantitative estimate of drug-likeness (QED) is 0.169. The van der Waals surface area contributed by atoms with Crippen LogP contribution in [0.4, 0.5) is 0 Å². The van der Waals surface area contributed by atoms with Crippen LogP contribution < -0.4 is 0 Å². The number of benzene rings is 6. The van der Waals surface area contributed by atoms with Crippen molar-refractivity contribution in [2.24, 2.45) is 0 Å². The van der Waals surface area contributed by atoms with E-state index < -0.39 is 0 Å². The van der Waals surface area contributed by atoms with Crippen LogP contribution in [0.1, 0.15) is 131 Å². The molecule has 0 saturated heterocycles. The molecule has 9 rings (SSSR count). The number of para-hydroxylation sites is 1. The molecule has 346 valence electrons. The van der Waals surface area contributed by atoms with E-state index in [1.54, 1.807) is 0 Å². The Bertz CT molecular complexity index is 3130. The third-order valence-corrected chi connectivity index (χ3v) is 14.2. The van der Waals surface area contributed by atoms with E-state index >= 15 is 0 Å². The van der Waals surface area contributed by atoms with E-state index in [2.05, 4.69) is 222 Å². The Morgan fingerprint density at radius 3 is 1.79 bits per heavy atom. The molecule has 2 heterocycles. The van der Waals surface area contributed by atoms with Crippen LogP contribution in [0.5, 0.6) is 5.75 Å². The second-order valence-electron chi connectivity index (χ2n) is 23.2. The molecule has 5 heteroatoms. The van der Waals surface area contributed by atoms with Crippen molar-refractivity contribution in [2.75, 3.05) is 0 Å². The summed E-state index contributed by atoms with van der Waals surface area (Å²) in [6.07, 6.45) is 4.04. The minimum atomic E-state index is -0.160. The molecule has 0 amide bonds. The van der Waals surface area contributed by atoms with Crippen LogP contribution in [0.3, 0.4) is 0 Å². The van der Waals surface area contributed by atoms with Gasteiger partial charge in [-0.25, -0.2) is 4.98 Å². The molecule has 1 aliphatic carbocycles. The minimum absolute atomic E-state index is 0. The molecule has 67 heavy (non-hydrogen) atoms. The summed E-state index contributed by atoms with van der Waals surface area (Å²) in [6.45, 7) is 29.6. The number of rotatable bonds is 6. The van der Waals surface area contributed by atoms with Gasteiger partial charge in [-0.15, -0.1) is 29.3 Å². The molecule has 1 aliphatic rings. The van der Waals surface area contributed by atoms with Crippen LogP contribution >= 0.6 is 0 Å². The fraction of sp³-hybridized carbons (Fsp3) is 0.323. The van der Waals surface area contributed by atoms with Crippen LogP contribution in [-0.2, 0) is 48.1 Å². The van der Waals surface area contributed by atoms with Gasteiger partial charge in [0.05, 0.1) is 22.3 Å². The number of nitrogens with zero attached hydrogens (tertiary/aromatic N) is 3. The predicted octanol–water partition coefficient (Wildman–Crippen LogP) is 16.5. The van der Waals surface area contributed by atoms with Crippen LogP contribution in [0, 0.1) is 6.07 Å². The Labute approximate surface area is 414 Å². The molecule has 6 aromatic carbocycles. The zero-order chi connectivity index (χ0) is 47.1. The maximum Gasteiger partial charge on any atom is 0.148 e. The van der Waals surface area contributed by atoms with Crippen molar-refractivity contribution in [3.05, 3.63) is 167 Å². The third-order valence-electron chi connectivity index (χ3n) is 14.2. The van der Waals surface area contributed by atoms with Gasteiger partial charge < -0.3 is 5.11 Å². The summed E-state index contributed by atoms with van der Waals surface area (Å²) in [6, 6.07) is 49.9. The first-order valence-corrected chi connectivity index (χ1v) is 23.8. The first-order valence-electron chi connectivity index (χ1n) is 23.8. The van der Waals surface area contributed by atoms with Gasteiger partial charge in [0, 0.05) is 38.5 Å². The summed E-state index contributed by atoms with van der Waals surface area (Å²) in [5, 5.41) is 12.3. The molecule has 0 atom stereocenters. The van der Waals surface area contributed by atoms with E-state index in [0.29, 0.717) is 5.82 Å². The molecular formula is C62H66N3OPt-. The number of fused-ring (bicyclic) bond motifs is 2. The fourth-order valence-corrected chi connectivity index (χ4v) is 9.78. The van der Waals surface area contributed by atoms with E-state index in [0.717, 1.165) is 79.8 Å². The minimum Gasteiger partial charge on any atom is -0.507 e. The van der Waals surface area contributed by atoms with Gasteiger partial charge in [0.2, 0.25) is 0 Å². The SMILES string of the molecule is CC(C)(C)c1ccc(-c2ccnc(-c3[c-]c(-c4cccc5c4nc(-c4cc6c(cc4O)C(C)(C)CCC6(C)C)n5-c4ccc(C(C)(C)C)cc4-c4ccccc4)cc(C(C)(C)C)c3)c2)cc1.[Pt]. The summed E-state index contributed by atoms with van der Waals surface area (Å²) in [5.41, 5.74) is 17.7. The van der Waals surface area contributed by atoms with Crippen molar-refractivity contribution >= 4 is 11.0 Å². The predicted molar refractivity (Wildman–Crippen MR) is 278 cm³/mol. The van der Waals surface area contributed by atoms with Crippen molar-refractivity contribution < 1.29 is 26.2 Å². The molecule has 0 unspecified atom stereocenters. The van der Waals surface area contributed by atoms with Gasteiger partial charge >= 0.3 is 0 Å². The molecule has 2 aromatic heterocycles. The third kappa shape index (κ3) is 9.12. The van der Waals surface area contributed by atoms with Gasteiger partial charge in [-0.1, -0.05) is 180 Å². The molecule has 0 fully saturated rings. The Hall–Kier alpha value is -5.57. The molecule has 0 spiro atoms. The maximum atomic E-state index is 12.3. The number of phenolic OH excluding ortho intramolecular Hbond substituents is 1. The summed E-state index contributed by atoms with van der Waals surface area (Å²) in [4.78, 5) is 10.6. The van der Waals surface area contributed by atoms with E-state index in [9.17, 15) is 5.11 Å². The first-order chi connectivity index (χ1) is 31.0. The number of phenols is 1. The summed E-state index contributed by atoms with van der Waals surface area (Å²) in [5.74, 6) is 0.949. The number of imidazole rings is 1. The number of aromatic nitrogens is 3. The largest absolute Gasteiger partial charge is 0.507 e. The van der Waals surface area contributed by atoms with Gasteiger partial charge in [0.1, 0.15) is 11.6 Å². The fourth-order valence-electron chi connectivity index (χ4n) is 9.78. The van der Waals surface area contributed by atoms with E-state index in [-0.39, 0.29) is 53.9 Å². The van der Waals surface area contributed by atoms with Gasteiger partial charge in [0.15, 0.2) is 0 Å². The van der Waals surface area contributed by atoms with Gasteiger partial charge in [0.25, 0.3) is 0 Å². The zero-order valence-corrected chi connectivity index (χ0v) is 44.0. The smallest absolute Gasteiger partial charge is 0.148 e. The normalized spacial score (nSPS) is 14.7. The van der Waals surface area contributed by atoms with Crippen LogP contribution in [-0.4, -0.2) is 19.6 Å². The van der Waals surface area contributed by atoms with Crippen molar-refractivity contribution in [3.63, 3.8) is 0 Å². The monoisotopic (exact) mass is 1060 g/mol. The second kappa shape index (κ2) is 17.2. The molecule has 0 saturated carbocycles. The topological polar surface area (TPSA) is 50.9 Å². The van der Waals surface area contributed by atoms with Crippen LogP contribution in [0.15, 0.2) is 134 Å². The van der Waals surface area contributed by atoms with Crippen molar-refractivity contribution in [3.8, 4) is 67.5 Å². The molecule has 0 radical (unpaired) electrons. The van der Waals surface area contributed by atoms with Gasteiger partial charge in [-0.05, 0) is 115 Å². The molecule has 0 bridgehead atoms. The van der Waals surface area contributed by atoms with Crippen LogP contribution in [0.25, 0.3) is 72.7 Å². The molecule has 4 nitrogen and oxygen atoms in total. The van der Waals surface area contributed by atoms with E-state index in [1.807, 2.05) is 12.3 Å². The summed E-state index contributed by atoms with van der Waals surface area (Å²) in [7, 11) is 0. The summed E-state index contributed by atoms with van der Waals surface area (Å²) < 4.78 is 2.29. The van der Waals surface area contributed by atoms with E-state index in [4.69, 9.17) is 9.97 Å². The zero-order valence-electron chi connectivity index (χ0n) is 41.7. The Morgan fingerprint density at radius 1 is 0.537 bits per heavy atom. The summed E-state index contributed by atoms with van der Waals surface area (Å²) >= 11 is 0. The molecule has 1 N–H and O–H groups in total. The maximum absolute atomic E-state index is 12.3. The van der Waals surface area contributed by atoms with Crippen molar-refractivity contribution in [1.29, 1.82) is 0 Å². The number of hydrogen-bond acceptors (Lipinski definition) is 3.